The van der Waals surface area contributed by atoms with Crippen LogP contribution in [-0.2, 0) is 0 Å². The third-order valence-corrected chi connectivity index (χ3v) is 178. The van der Waals surface area contributed by atoms with Crippen LogP contribution in [0, 0.1) is 22.7 Å². The van der Waals surface area contributed by atoms with Gasteiger partial charge in [-0.1, -0.05) is 107 Å². The van der Waals surface area contributed by atoms with Crippen molar-refractivity contribution < 1.29 is 8.97 Å². The van der Waals surface area contributed by atoms with Crippen LogP contribution in [-0.4, -0.2) is 173 Å². The Morgan fingerprint density at radius 3 is 0.640 bits per heavy atom. The predicted octanol–water partition coefficient (Wildman–Crippen LogP) is 9.74. The summed E-state index contributed by atoms with van der Waals surface area (Å²) in [7, 11) is 0. The zero-order chi connectivity index (χ0) is 39.2. The van der Waals surface area contributed by atoms with Gasteiger partial charge in [0.1, 0.15) is 0 Å². The fourth-order valence-electron chi connectivity index (χ4n) is 5.48. The fraction of sp³-hybridized carbons (Fsp3) is 0.944. The van der Waals surface area contributed by atoms with Gasteiger partial charge in [0.05, 0.1) is 64.5 Å². The van der Waals surface area contributed by atoms with Crippen LogP contribution in [0.2, 0.25) is 0 Å². The molecule has 1 saturated heterocycles. The first-order chi connectivity index (χ1) is 23.7. The predicted molar refractivity (Wildman–Crippen MR) is 241 cm³/mol. The monoisotopic (exact) mass is 1270 g/mol. The van der Waals surface area contributed by atoms with Gasteiger partial charge in [-0.3, -0.25) is 0 Å². The Balaban J connectivity index is -0.000000300. The molecule has 0 atom stereocenters. The maximum absolute atomic E-state index is 7.32. The molecule has 0 amide bonds. The summed E-state index contributed by atoms with van der Waals surface area (Å²) in [5.74, 6) is 0. The molecule has 1 heterocycles. The molecule has 0 spiro atoms. The Kier molecular flexibility index (Phi) is 51.5. The molecule has 0 radical (unpaired) electrons. The van der Waals surface area contributed by atoms with Gasteiger partial charge in [0, 0.05) is 13.8 Å². The van der Waals surface area contributed by atoms with Crippen LogP contribution in [0.4, 0.5) is 0 Å². The molecule has 0 saturated carbocycles. The van der Waals surface area contributed by atoms with E-state index >= 15 is 0 Å². The molecular formula is C36H78N4P2Se8. The van der Waals surface area contributed by atoms with E-state index in [1.165, 1.54) is 178 Å². The number of nitrogens with zero attached hydrogens (tertiary/aromatic N) is 4. The second kappa shape index (κ2) is 42.5. The number of rotatable bonds is 24. The van der Waals surface area contributed by atoms with E-state index in [0.717, 1.165) is 50.8 Å². The topological polar surface area (TPSA) is 47.6 Å². The summed E-state index contributed by atoms with van der Waals surface area (Å²) in [6, 6.07) is 3.50. The molecular weight excluding hydrogens is 1180 g/mol. The third-order valence-electron chi connectivity index (χ3n) is 8.32. The van der Waals surface area contributed by atoms with Crippen molar-refractivity contribution in [2.45, 2.75) is 172 Å². The molecule has 1 rings (SSSR count). The van der Waals surface area contributed by atoms with Gasteiger partial charge in [-0.2, -0.15) is 10.5 Å². The minimum absolute atomic E-state index is 0.498. The first kappa shape index (κ1) is 60.6. The van der Waals surface area contributed by atoms with Crippen molar-refractivity contribution in [1.29, 1.82) is 10.5 Å². The summed E-state index contributed by atoms with van der Waals surface area (Å²) < 4.78 is 1.84. The molecule has 1 aliphatic heterocycles. The van der Waals surface area contributed by atoms with Crippen LogP contribution in [0.25, 0.3) is 0 Å². The number of nitriles is 2. The van der Waals surface area contributed by atoms with Gasteiger partial charge in [-0.25, -0.2) is 0 Å². The van der Waals surface area contributed by atoms with Crippen molar-refractivity contribution in [3.8, 4) is 12.1 Å². The van der Waals surface area contributed by atoms with Gasteiger partial charge < -0.3 is 8.97 Å². The third kappa shape index (κ3) is 40.1. The summed E-state index contributed by atoms with van der Waals surface area (Å²) in [5, 5.41) is 14.6. The molecule has 14 heteroatoms. The van der Waals surface area contributed by atoms with Crippen molar-refractivity contribution in [3.63, 3.8) is 0 Å². The molecule has 0 unspecified atom stereocenters. The van der Waals surface area contributed by atoms with E-state index in [1.54, 1.807) is 12.1 Å². The van der Waals surface area contributed by atoms with Gasteiger partial charge in [0.2, 0.25) is 0 Å². The van der Waals surface area contributed by atoms with Crippen LogP contribution < -0.4 is 0 Å². The van der Waals surface area contributed by atoms with Crippen molar-refractivity contribution in [2.75, 3.05) is 52.4 Å². The first-order valence-electron chi connectivity index (χ1n) is 19.4. The van der Waals surface area contributed by atoms with E-state index in [0.29, 0.717) is 0 Å². The molecule has 300 valence electrons. The zero-order valence-electron chi connectivity index (χ0n) is 33.9. The molecule has 0 bridgehead atoms. The van der Waals surface area contributed by atoms with E-state index in [1.807, 2.05) is 0 Å². The van der Waals surface area contributed by atoms with Crippen LogP contribution in [0.15, 0.2) is 0 Å². The van der Waals surface area contributed by atoms with Crippen molar-refractivity contribution in [2.24, 2.45) is 0 Å². The first-order valence-corrected chi connectivity index (χ1v) is 49.4. The molecule has 4 nitrogen and oxygen atoms in total. The molecule has 0 aromatic rings. The summed E-state index contributed by atoms with van der Waals surface area (Å²) >= 11 is 17.6. The Bertz CT molecular complexity index is 753. The fourth-order valence-corrected chi connectivity index (χ4v) is 266. The Hall–Kier alpha value is 3.92. The summed E-state index contributed by atoms with van der Waals surface area (Å²) in [4.78, 5) is 0. The maximum atomic E-state index is 7.32. The molecule has 0 aromatic heterocycles. The van der Waals surface area contributed by atoms with Gasteiger partial charge >= 0.3 is 115 Å². The quantitative estimate of drug-likeness (QED) is 0.0550. The zero-order valence-corrected chi connectivity index (χ0v) is 49.4. The average Bonchev–Trinajstić information content (AvgIpc) is 3.10. The number of unbranched alkanes of at least 4 members (excludes halogenated alkanes) is 8. The average molecular weight is 1260 g/mol. The molecule has 0 aliphatic carbocycles. The Morgan fingerprint density at radius 1 is 0.420 bits per heavy atom. The van der Waals surface area contributed by atoms with E-state index in [-0.39, 0.29) is 0 Å². The van der Waals surface area contributed by atoms with E-state index < -0.39 is 3.15 Å². The molecule has 50 heavy (non-hydrogen) atoms. The van der Waals surface area contributed by atoms with Gasteiger partial charge in [-0.15, -0.1) is 0 Å². The van der Waals surface area contributed by atoms with Gasteiger partial charge in [0.15, 0.2) is 0 Å². The van der Waals surface area contributed by atoms with Crippen LogP contribution >= 0.6 is 3.15 Å². The molecule has 0 N–H and O–H groups in total. The second-order valence-electron chi connectivity index (χ2n) is 12.9. The van der Waals surface area contributed by atoms with Crippen LogP contribution in [0.3, 0.4) is 0 Å². The van der Waals surface area contributed by atoms with Gasteiger partial charge in [0.25, 0.3) is 0 Å². The number of hydrogen-bond donors (Lipinski definition) is 0. The normalized spacial score (nSPS) is 18.3. The second-order valence-corrected chi connectivity index (χ2v) is 108. The van der Waals surface area contributed by atoms with E-state index in [2.05, 4.69) is 117 Å². The molecule has 1 fully saturated rings. The Morgan fingerprint density at radius 2 is 0.540 bits per heavy atom. The van der Waals surface area contributed by atoms with Crippen LogP contribution in [0.1, 0.15) is 172 Å². The van der Waals surface area contributed by atoms with Crippen molar-refractivity contribution >= 4 is 115 Å². The SMILES string of the molecule is CC#N.CC#N.CCCC[N+](CCCC)(CCCC)CCCC.CCCC[N+](CCCC)(CCCC)CCCC.[Se]=P1([Se-])[Se][Se]P(=[Se])([Se-])[Se][Se]1. The van der Waals surface area contributed by atoms with Gasteiger partial charge in [-0.05, 0) is 51.4 Å². The van der Waals surface area contributed by atoms with Crippen molar-refractivity contribution in [3.05, 3.63) is 0 Å². The standard InChI is InChI=1S/2C16H36N.2C2H3N.H2P2Se8/c2*1-5-9-13-17(14-10-6-2,15-11-7-3)16-12-8-4;2*1-2-3;3-1(4)7-9-2(5,6)10-8-1/h2*5-16H2,1-4H3;2*1H3;(H,3,4)(H,5,6)/q2*+1;;;/p-2. The summed E-state index contributed by atoms with van der Waals surface area (Å²) in [5.41, 5.74) is 0. The van der Waals surface area contributed by atoms with Crippen LogP contribution in [0.5, 0.6) is 0 Å². The number of quaternary nitrogens is 2. The van der Waals surface area contributed by atoms with E-state index in [4.69, 9.17) is 10.5 Å². The summed E-state index contributed by atoms with van der Waals surface area (Å²) in [6.07, 6.45) is 22.1. The van der Waals surface area contributed by atoms with E-state index in [9.17, 15) is 0 Å². The molecule has 1 aliphatic rings. The Labute approximate surface area is 366 Å². The molecule has 0 aromatic carbocycles. The number of hydrogen-bond acceptors (Lipinski definition) is 2. The summed E-state index contributed by atoms with van der Waals surface area (Å²) in [6.45, 7) is 32.9. The minimum atomic E-state index is -0.498. The van der Waals surface area contributed by atoms with Crippen molar-refractivity contribution in [1.82, 2.24) is 0 Å².